The Balaban J connectivity index is 0.000000980. The molecule has 0 bridgehead atoms. The van der Waals surface area contributed by atoms with Crippen LogP contribution < -0.4 is 9.47 Å². The molecule has 1 aromatic rings. The third-order valence-electron chi connectivity index (χ3n) is 1.69. The lowest BCUT2D eigenvalue weighted by atomic mass is 10.3. The molecule has 1 atom stereocenters. The van der Waals surface area contributed by atoms with Gasteiger partial charge in [-0.3, -0.25) is 4.18 Å². The third kappa shape index (κ3) is 1.88. The molecule has 1 aliphatic heterocycles. The van der Waals surface area contributed by atoms with Crippen molar-refractivity contribution in [1.82, 2.24) is 0 Å². The van der Waals surface area contributed by atoms with E-state index in [1.54, 1.807) is 18.2 Å². The Hall–Kier alpha value is -1.07. The maximum absolute atomic E-state index is 11.2. The van der Waals surface area contributed by atoms with Crippen LogP contribution in [-0.2, 0) is 15.3 Å². The van der Waals surface area contributed by atoms with Gasteiger partial charge in [0.1, 0.15) is 0 Å². The summed E-state index contributed by atoms with van der Waals surface area (Å²) in [4.78, 5) is 0.576. The fraction of sp³-hybridized carbons (Fsp3) is 0.333. The molecule has 78 valence electrons. The molecule has 1 heterocycles. The normalized spacial score (nSPS) is 14.6. The quantitative estimate of drug-likeness (QED) is 0.755. The smallest absolute Gasteiger partial charge is 0.231 e. The number of ether oxygens (including phenoxy) is 2. The molecule has 0 spiro atoms. The van der Waals surface area contributed by atoms with Crippen molar-refractivity contribution >= 4 is 11.1 Å². The van der Waals surface area contributed by atoms with E-state index in [1.807, 2.05) is 0 Å². The van der Waals surface area contributed by atoms with E-state index in [2.05, 4.69) is 4.18 Å². The largest absolute Gasteiger partial charge is 0.454 e. The lowest BCUT2D eigenvalue weighted by molar-refractivity contribution is 0.174. The lowest BCUT2D eigenvalue weighted by Gasteiger charge is -1.99. The van der Waals surface area contributed by atoms with Gasteiger partial charge in [-0.05, 0) is 12.1 Å². The molecule has 0 aliphatic carbocycles. The minimum absolute atomic E-state index is 0. The number of hydrogen-bond donors (Lipinski definition) is 0. The molecule has 14 heavy (non-hydrogen) atoms. The van der Waals surface area contributed by atoms with Crippen molar-refractivity contribution in [2.75, 3.05) is 13.9 Å². The molecule has 2 rings (SSSR count). The first-order chi connectivity index (χ1) is 6.31. The van der Waals surface area contributed by atoms with Gasteiger partial charge in [-0.2, -0.15) is 0 Å². The molecular weight excluding hydrogens is 204 g/mol. The minimum atomic E-state index is -1.42. The van der Waals surface area contributed by atoms with Gasteiger partial charge in [0.05, 0.1) is 12.0 Å². The summed E-state index contributed by atoms with van der Waals surface area (Å²) < 4.78 is 26.1. The molecular formula is C9H12O4S. The highest BCUT2D eigenvalue weighted by molar-refractivity contribution is 7.80. The molecule has 0 fully saturated rings. The highest BCUT2D eigenvalue weighted by Gasteiger charge is 2.15. The average Bonchev–Trinajstić information content (AvgIpc) is 2.63. The minimum Gasteiger partial charge on any atom is -0.454 e. The highest BCUT2D eigenvalue weighted by Crippen LogP contribution is 2.33. The van der Waals surface area contributed by atoms with Gasteiger partial charge in [0.2, 0.25) is 6.79 Å². The number of rotatable bonds is 2. The zero-order valence-electron chi connectivity index (χ0n) is 6.98. The Morgan fingerprint density at radius 2 is 2.07 bits per heavy atom. The second-order valence-electron chi connectivity index (χ2n) is 2.42. The van der Waals surface area contributed by atoms with E-state index < -0.39 is 11.1 Å². The summed E-state index contributed by atoms with van der Waals surface area (Å²) in [5, 5.41) is 0. The SMILES string of the molecule is C.COS(=O)c1ccc2c(c1)OCO2. The molecule has 0 amide bonds. The average molecular weight is 216 g/mol. The standard InChI is InChI=1S/C8H8O4S.CH4/c1-10-13(9)6-2-3-7-8(4-6)12-5-11-7;/h2-4H,5H2,1H3;1H4. The Labute approximate surface area is 85.5 Å². The summed E-state index contributed by atoms with van der Waals surface area (Å²) in [6, 6.07) is 5.06. The number of fused-ring (bicyclic) bond motifs is 1. The van der Waals surface area contributed by atoms with Gasteiger partial charge in [-0.15, -0.1) is 0 Å². The predicted octanol–water partition coefficient (Wildman–Crippen LogP) is 1.72. The van der Waals surface area contributed by atoms with Crippen LogP contribution in [0.1, 0.15) is 7.43 Å². The fourth-order valence-corrected chi connectivity index (χ4v) is 1.65. The van der Waals surface area contributed by atoms with Gasteiger partial charge >= 0.3 is 0 Å². The number of hydrogen-bond acceptors (Lipinski definition) is 4. The van der Waals surface area contributed by atoms with Crippen LogP contribution in [0.15, 0.2) is 23.1 Å². The first-order valence-electron chi connectivity index (χ1n) is 3.67. The Morgan fingerprint density at radius 3 is 2.79 bits per heavy atom. The molecule has 4 nitrogen and oxygen atoms in total. The van der Waals surface area contributed by atoms with E-state index in [-0.39, 0.29) is 14.2 Å². The Kier molecular flexibility index (Phi) is 3.49. The van der Waals surface area contributed by atoms with E-state index in [9.17, 15) is 4.21 Å². The van der Waals surface area contributed by atoms with Crippen LogP contribution in [0.5, 0.6) is 11.5 Å². The zero-order valence-corrected chi connectivity index (χ0v) is 7.80. The predicted molar refractivity (Wildman–Crippen MR) is 52.7 cm³/mol. The fourth-order valence-electron chi connectivity index (χ4n) is 1.08. The van der Waals surface area contributed by atoms with E-state index in [0.717, 1.165) is 0 Å². The van der Waals surface area contributed by atoms with E-state index in [0.29, 0.717) is 16.4 Å². The molecule has 1 aliphatic rings. The maximum atomic E-state index is 11.2. The monoisotopic (exact) mass is 216 g/mol. The van der Waals surface area contributed by atoms with Crippen molar-refractivity contribution in [3.8, 4) is 11.5 Å². The van der Waals surface area contributed by atoms with Crippen LogP contribution in [0.3, 0.4) is 0 Å². The first kappa shape index (κ1) is 11.0. The van der Waals surface area contributed by atoms with E-state index in [4.69, 9.17) is 9.47 Å². The number of benzene rings is 1. The van der Waals surface area contributed by atoms with Gasteiger partial charge in [-0.1, -0.05) is 7.43 Å². The van der Waals surface area contributed by atoms with Crippen molar-refractivity contribution in [3.63, 3.8) is 0 Å². The van der Waals surface area contributed by atoms with E-state index in [1.165, 1.54) is 7.11 Å². The van der Waals surface area contributed by atoms with Crippen LogP contribution >= 0.6 is 0 Å². The van der Waals surface area contributed by atoms with Gasteiger partial charge in [0.25, 0.3) is 0 Å². The summed E-state index contributed by atoms with van der Waals surface area (Å²) in [5.74, 6) is 1.29. The van der Waals surface area contributed by atoms with Crippen molar-refractivity contribution in [2.24, 2.45) is 0 Å². The molecule has 1 aromatic carbocycles. The Bertz CT molecular complexity index is 351. The molecule has 1 unspecified atom stereocenters. The molecule has 0 radical (unpaired) electrons. The van der Waals surface area contributed by atoms with Crippen LogP contribution in [-0.4, -0.2) is 18.1 Å². The molecule has 0 aromatic heterocycles. The van der Waals surface area contributed by atoms with Crippen LogP contribution in [0.2, 0.25) is 0 Å². The van der Waals surface area contributed by atoms with Crippen LogP contribution in [0.25, 0.3) is 0 Å². The van der Waals surface area contributed by atoms with Gasteiger partial charge < -0.3 is 9.47 Å². The third-order valence-corrected chi connectivity index (χ3v) is 2.63. The second kappa shape index (κ2) is 4.43. The van der Waals surface area contributed by atoms with Gasteiger partial charge in [0, 0.05) is 6.07 Å². The van der Waals surface area contributed by atoms with Crippen LogP contribution in [0, 0.1) is 0 Å². The van der Waals surface area contributed by atoms with Crippen molar-refractivity contribution in [3.05, 3.63) is 18.2 Å². The summed E-state index contributed by atoms with van der Waals surface area (Å²) in [6.45, 7) is 0.221. The summed E-state index contributed by atoms with van der Waals surface area (Å²) in [7, 11) is 1.39. The lowest BCUT2D eigenvalue weighted by Crippen LogP contribution is -1.93. The van der Waals surface area contributed by atoms with E-state index >= 15 is 0 Å². The van der Waals surface area contributed by atoms with Gasteiger partial charge in [0.15, 0.2) is 22.6 Å². The second-order valence-corrected chi connectivity index (χ2v) is 3.69. The highest BCUT2D eigenvalue weighted by atomic mass is 32.2. The maximum Gasteiger partial charge on any atom is 0.231 e. The summed E-state index contributed by atoms with van der Waals surface area (Å²) in [6.07, 6.45) is 0. The molecule has 0 saturated carbocycles. The van der Waals surface area contributed by atoms with Gasteiger partial charge in [-0.25, -0.2) is 4.21 Å². The first-order valence-corrected chi connectivity index (χ1v) is 4.74. The summed E-state index contributed by atoms with van der Waals surface area (Å²) >= 11 is -1.42. The van der Waals surface area contributed by atoms with Crippen molar-refractivity contribution in [1.29, 1.82) is 0 Å². The van der Waals surface area contributed by atoms with Crippen LogP contribution in [0.4, 0.5) is 0 Å². The molecule has 0 saturated heterocycles. The van der Waals surface area contributed by atoms with Crippen molar-refractivity contribution in [2.45, 2.75) is 12.3 Å². The topological polar surface area (TPSA) is 44.8 Å². The summed E-state index contributed by atoms with van der Waals surface area (Å²) in [5.41, 5.74) is 0. The Morgan fingerprint density at radius 1 is 1.36 bits per heavy atom. The van der Waals surface area contributed by atoms with Crippen molar-refractivity contribution < 1.29 is 17.9 Å². The molecule has 5 heteroatoms. The zero-order chi connectivity index (χ0) is 9.26. The molecule has 0 N–H and O–H groups in total.